The number of hydrogen-bond donors (Lipinski definition) is 3. The van der Waals surface area contributed by atoms with Crippen LogP contribution in [0.25, 0.3) is 10.7 Å². The lowest BCUT2D eigenvalue weighted by atomic mass is 10.2. The van der Waals surface area contributed by atoms with Gasteiger partial charge in [-0.2, -0.15) is 5.10 Å². The summed E-state index contributed by atoms with van der Waals surface area (Å²) in [6.45, 7) is 2.06. The number of aliphatic hydroxyl groups excluding tert-OH is 1. The fraction of sp³-hybridized carbons (Fsp3) is 0.350. The highest BCUT2D eigenvalue weighted by Crippen LogP contribution is 2.39. The lowest BCUT2D eigenvalue weighted by molar-refractivity contribution is 0.170. The minimum absolute atomic E-state index is 0. The van der Waals surface area contributed by atoms with Crippen LogP contribution in [0.15, 0.2) is 24.4 Å². The van der Waals surface area contributed by atoms with Crippen molar-refractivity contribution in [3.63, 3.8) is 0 Å². The second kappa shape index (κ2) is 7.51. The second-order valence-electron chi connectivity index (χ2n) is 6.71. The first-order valence-electron chi connectivity index (χ1n) is 9.12. The van der Waals surface area contributed by atoms with E-state index in [9.17, 15) is 5.11 Å². The van der Waals surface area contributed by atoms with Gasteiger partial charge >= 0.3 is 0 Å². The standard InChI is InChI=1S/C20H21N5OS.3H2/c1-3-5-15(26)16-8-9-17(27-16)20-21-11-12(4-2)19(23-20)22-18-10-14(24-25-18)13-6-7-13;;;/h2,8-11,13,15,26H,3,5-7H2,1H3,(H2,21,22,23,24,25);3*1H/t15-;;;/m0.../s1. The number of rotatable bonds is 7. The van der Waals surface area contributed by atoms with Gasteiger partial charge in [0.15, 0.2) is 17.5 Å². The Morgan fingerprint density at radius 3 is 3.07 bits per heavy atom. The number of terminal acetylenes is 1. The number of thiophene rings is 1. The molecule has 7 heteroatoms. The fourth-order valence-electron chi connectivity index (χ4n) is 2.89. The number of aliphatic hydroxyl groups is 1. The van der Waals surface area contributed by atoms with E-state index in [2.05, 4.69) is 38.3 Å². The molecule has 3 aromatic rings. The van der Waals surface area contributed by atoms with Crippen LogP contribution < -0.4 is 5.32 Å². The van der Waals surface area contributed by atoms with Gasteiger partial charge in [0.05, 0.1) is 16.5 Å². The smallest absolute Gasteiger partial charge is 0.171 e. The van der Waals surface area contributed by atoms with Crippen LogP contribution in [0.4, 0.5) is 11.6 Å². The van der Waals surface area contributed by atoms with Crippen LogP contribution in [-0.4, -0.2) is 25.3 Å². The van der Waals surface area contributed by atoms with E-state index in [4.69, 9.17) is 6.42 Å². The number of hydrogen-bond acceptors (Lipinski definition) is 6. The highest BCUT2D eigenvalue weighted by Gasteiger charge is 2.25. The van der Waals surface area contributed by atoms with Crippen LogP contribution in [0.2, 0.25) is 0 Å². The van der Waals surface area contributed by atoms with Gasteiger partial charge in [0, 0.05) is 33.0 Å². The molecule has 1 atom stereocenters. The molecule has 0 amide bonds. The Hall–Kier alpha value is -2.69. The molecule has 6 nitrogen and oxygen atoms in total. The second-order valence-corrected chi connectivity index (χ2v) is 7.83. The van der Waals surface area contributed by atoms with E-state index in [0.717, 1.165) is 28.3 Å². The molecule has 1 aliphatic rings. The molecular weight excluding hydrogens is 358 g/mol. The highest BCUT2D eigenvalue weighted by molar-refractivity contribution is 7.15. The van der Waals surface area contributed by atoms with Gasteiger partial charge in [-0.3, -0.25) is 5.10 Å². The van der Waals surface area contributed by atoms with Crippen molar-refractivity contribution in [2.75, 3.05) is 5.32 Å². The van der Waals surface area contributed by atoms with Crippen molar-refractivity contribution in [1.82, 2.24) is 20.2 Å². The van der Waals surface area contributed by atoms with Gasteiger partial charge < -0.3 is 10.4 Å². The van der Waals surface area contributed by atoms with Crippen molar-refractivity contribution in [3.8, 4) is 23.0 Å². The quantitative estimate of drug-likeness (QED) is 0.492. The zero-order valence-electron chi connectivity index (χ0n) is 15.1. The third kappa shape index (κ3) is 3.87. The normalized spacial score (nSPS) is 14.7. The molecular formula is C20H27N5OS. The molecule has 0 aromatic carbocycles. The molecule has 1 fully saturated rings. The van der Waals surface area contributed by atoms with Crippen LogP contribution in [0.5, 0.6) is 0 Å². The van der Waals surface area contributed by atoms with Crippen LogP contribution in [0, 0.1) is 12.3 Å². The fourth-order valence-corrected chi connectivity index (χ4v) is 3.86. The minimum Gasteiger partial charge on any atom is -0.388 e. The predicted molar refractivity (Wildman–Crippen MR) is 113 cm³/mol. The van der Waals surface area contributed by atoms with Gasteiger partial charge in [-0.25, -0.2) is 9.97 Å². The molecule has 1 saturated carbocycles. The third-order valence-electron chi connectivity index (χ3n) is 4.54. The molecule has 0 unspecified atom stereocenters. The van der Waals surface area contributed by atoms with E-state index < -0.39 is 6.10 Å². The SMILES string of the molecule is C#Cc1cnc(-c2ccc([C@@H](O)CCC)s2)nc1Nc1cc(C2CC2)[nH]n1.[HH].[HH].[HH]. The maximum absolute atomic E-state index is 10.2. The van der Waals surface area contributed by atoms with Gasteiger partial charge in [-0.15, -0.1) is 17.8 Å². The summed E-state index contributed by atoms with van der Waals surface area (Å²) in [5, 5.41) is 20.8. The van der Waals surface area contributed by atoms with Crippen LogP contribution in [-0.2, 0) is 0 Å². The van der Waals surface area contributed by atoms with Gasteiger partial charge in [0.1, 0.15) is 0 Å². The molecule has 144 valence electrons. The van der Waals surface area contributed by atoms with E-state index in [-0.39, 0.29) is 4.28 Å². The molecule has 1 aliphatic carbocycles. The molecule has 0 aliphatic heterocycles. The van der Waals surface area contributed by atoms with Gasteiger partial charge in [0.2, 0.25) is 0 Å². The first-order valence-corrected chi connectivity index (χ1v) is 9.93. The third-order valence-corrected chi connectivity index (χ3v) is 5.73. The lowest BCUT2D eigenvalue weighted by Gasteiger charge is -2.07. The molecule has 3 heterocycles. The summed E-state index contributed by atoms with van der Waals surface area (Å²) < 4.78 is 0. The highest BCUT2D eigenvalue weighted by atomic mass is 32.1. The van der Waals surface area contributed by atoms with E-state index >= 15 is 0 Å². The molecule has 0 saturated heterocycles. The van der Waals surface area contributed by atoms with Crippen LogP contribution >= 0.6 is 11.3 Å². The Balaban J connectivity index is 0.00000150. The number of aromatic amines is 1. The van der Waals surface area contributed by atoms with Crippen molar-refractivity contribution >= 4 is 23.0 Å². The number of nitrogens with zero attached hydrogens (tertiary/aromatic N) is 3. The van der Waals surface area contributed by atoms with Crippen LogP contribution in [0.1, 0.15) is 65.0 Å². The Labute approximate surface area is 166 Å². The molecule has 0 radical (unpaired) electrons. The van der Waals surface area contributed by atoms with Crippen LogP contribution in [0.3, 0.4) is 0 Å². The number of H-pyrrole nitrogens is 1. The lowest BCUT2D eigenvalue weighted by Crippen LogP contribution is -2.00. The Bertz CT molecular complexity index is 996. The van der Waals surface area contributed by atoms with Crippen molar-refractivity contribution in [1.29, 1.82) is 0 Å². The summed E-state index contributed by atoms with van der Waals surface area (Å²) in [5.41, 5.74) is 1.72. The largest absolute Gasteiger partial charge is 0.388 e. The predicted octanol–water partition coefficient (Wildman–Crippen LogP) is 5.10. The van der Waals surface area contributed by atoms with E-state index in [1.165, 1.54) is 24.2 Å². The molecule has 3 aromatic heterocycles. The van der Waals surface area contributed by atoms with Crippen molar-refractivity contribution in [2.24, 2.45) is 0 Å². The number of aromatic nitrogens is 4. The summed E-state index contributed by atoms with van der Waals surface area (Å²) in [7, 11) is 0. The van der Waals surface area contributed by atoms with Gasteiger partial charge in [0.25, 0.3) is 0 Å². The molecule has 3 N–H and O–H groups in total. The molecule has 4 rings (SSSR count). The van der Waals surface area contributed by atoms with Crippen molar-refractivity contribution in [2.45, 2.75) is 44.6 Å². The van der Waals surface area contributed by atoms with E-state index in [1.807, 2.05) is 18.2 Å². The minimum atomic E-state index is -0.443. The Morgan fingerprint density at radius 2 is 2.33 bits per heavy atom. The van der Waals surface area contributed by atoms with E-state index in [0.29, 0.717) is 28.9 Å². The van der Waals surface area contributed by atoms with Gasteiger partial charge in [-0.05, 0) is 31.4 Å². The average Bonchev–Trinajstić information content (AvgIpc) is 3.22. The first-order chi connectivity index (χ1) is 13.2. The summed E-state index contributed by atoms with van der Waals surface area (Å²) >= 11 is 1.50. The molecule has 27 heavy (non-hydrogen) atoms. The summed E-state index contributed by atoms with van der Waals surface area (Å²) in [5.74, 6) is 5.04. The average molecular weight is 386 g/mol. The molecule has 0 bridgehead atoms. The van der Waals surface area contributed by atoms with E-state index in [1.54, 1.807) is 6.20 Å². The maximum atomic E-state index is 10.2. The number of anilines is 2. The van der Waals surface area contributed by atoms with Gasteiger partial charge in [-0.1, -0.05) is 19.3 Å². The molecule has 0 spiro atoms. The summed E-state index contributed by atoms with van der Waals surface area (Å²) in [6, 6.07) is 5.87. The topological polar surface area (TPSA) is 86.7 Å². The summed E-state index contributed by atoms with van der Waals surface area (Å²) in [4.78, 5) is 10.8. The zero-order chi connectivity index (χ0) is 18.8. The monoisotopic (exact) mass is 385 g/mol. The Morgan fingerprint density at radius 1 is 1.48 bits per heavy atom. The Kier molecular flexibility index (Phi) is 4.92. The summed E-state index contributed by atoms with van der Waals surface area (Å²) in [6.07, 6.45) is 10.9. The zero-order valence-corrected chi connectivity index (χ0v) is 15.9. The first kappa shape index (κ1) is 17.7. The maximum Gasteiger partial charge on any atom is 0.171 e. The van der Waals surface area contributed by atoms with Crippen molar-refractivity contribution in [3.05, 3.63) is 40.5 Å². The van der Waals surface area contributed by atoms with Crippen molar-refractivity contribution < 1.29 is 9.39 Å². The number of nitrogens with one attached hydrogen (secondary N) is 2.